The van der Waals surface area contributed by atoms with Crippen molar-refractivity contribution in [2.24, 2.45) is 5.41 Å². The molecule has 1 atom stereocenters. The van der Waals surface area contributed by atoms with Crippen LogP contribution in [-0.2, 0) is 0 Å². The van der Waals surface area contributed by atoms with Crippen molar-refractivity contribution in [3.63, 3.8) is 0 Å². The SMILES string of the molecule is CC1(C)CCC(Nc2nncc3ccccc23)C1. The summed E-state index contributed by atoms with van der Waals surface area (Å²) in [5, 5.41) is 14.2. The Balaban J connectivity index is 1.87. The summed E-state index contributed by atoms with van der Waals surface area (Å²) in [6, 6.07) is 8.79. The predicted octanol–water partition coefficient (Wildman–Crippen LogP) is 3.62. The third-order valence-electron chi connectivity index (χ3n) is 3.88. The van der Waals surface area contributed by atoms with Crippen LogP contribution >= 0.6 is 0 Å². The smallest absolute Gasteiger partial charge is 0.156 e. The topological polar surface area (TPSA) is 37.8 Å². The summed E-state index contributed by atoms with van der Waals surface area (Å²) in [6.07, 6.45) is 5.53. The molecule has 3 rings (SSSR count). The van der Waals surface area contributed by atoms with Crippen LogP contribution in [0.15, 0.2) is 30.5 Å². The summed E-state index contributed by atoms with van der Waals surface area (Å²) in [4.78, 5) is 0. The van der Waals surface area contributed by atoms with Crippen molar-refractivity contribution in [3.05, 3.63) is 30.5 Å². The number of nitrogens with zero attached hydrogens (tertiary/aromatic N) is 2. The van der Waals surface area contributed by atoms with E-state index in [0.29, 0.717) is 11.5 Å². The molecule has 0 amide bonds. The fourth-order valence-electron chi connectivity index (χ4n) is 2.89. The summed E-state index contributed by atoms with van der Waals surface area (Å²) in [7, 11) is 0. The van der Waals surface area contributed by atoms with Gasteiger partial charge in [0.15, 0.2) is 5.82 Å². The molecular weight excluding hydrogens is 222 g/mol. The molecule has 1 aromatic carbocycles. The zero-order valence-corrected chi connectivity index (χ0v) is 11.0. The third kappa shape index (κ3) is 2.17. The molecule has 94 valence electrons. The van der Waals surface area contributed by atoms with Gasteiger partial charge < -0.3 is 5.32 Å². The number of benzene rings is 1. The molecule has 1 N–H and O–H groups in total. The molecule has 1 fully saturated rings. The molecule has 0 saturated heterocycles. The maximum atomic E-state index is 4.26. The largest absolute Gasteiger partial charge is 0.365 e. The maximum Gasteiger partial charge on any atom is 0.156 e. The van der Waals surface area contributed by atoms with E-state index in [1.807, 2.05) is 18.3 Å². The highest BCUT2D eigenvalue weighted by molar-refractivity contribution is 5.90. The average molecular weight is 241 g/mol. The Morgan fingerprint density at radius 1 is 1.28 bits per heavy atom. The lowest BCUT2D eigenvalue weighted by Gasteiger charge is -2.18. The summed E-state index contributed by atoms with van der Waals surface area (Å²) in [5.74, 6) is 0.927. The zero-order chi connectivity index (χ0) is 12.6. The van der Waals surface area contributed by atoms with Gasteiger partial charge in [0.2, 0.25) is 0 Å². The molecule has 1 heterocycles. The van der Waals surface area contributed by atoms with Gasteiger partial charge in [-0.3, -0.25) is 0 Å². The molecule has 1 saturated carbocycles. The molecule has 0 aliphatic heterocycles. The second-order valence-electron chi connectivity index (χ2n) is 6.03. The van der Waals surface area contributed by atoms with Crippen LogP contribution in [0.25, 0.3) is 10.8 Å². The van der Waals surface area contributed by atoms with E-state index in [1.165, 1.54) is 19.3 Å². The van der Waals surface area contributed by atoms with E-state index in [-0.39, 0.29) is 0 Å². The third-order valence-corrected chi connectivity index (χ3v) is 3.88. The number of anilines is 1. The van der Waals surface area contributed by atoms with Gasteiger partial charge in [0.05, 0.1) is 6.20 Å². The average Bonchev–Trinajstić information content (AvgIpc) is 2.69. The van der Waals surface area contributed by atoms with Crippen LogP contribution < -0.4 is 5.32 Å². The Bertz CT molecular complexity index is 557. The van der Waals surface area contributed by atoms with Gasteiger partial charge in [-0.15, -0.1) is 5.10 Å². The van der Waals surface area contributed by atoms with Crippen LogP contribution in [0.1, 0.15) is 33.1 Å². The summed E-state index contributed by atoms with van der Waals surface area (Å²) < 4.78 is 0. The molecule has 1 unspecified atom stereocenters. The van der Waals surface area contributed by atoms with Gasteiger partial charge >= 0.3 is 0 Å². The van der Waals surface area contributed by atoms with Gasteiger partial charge in [0.25, 0.3) is 0 Å². The molecule has 3 nitrogen and oxygen atoms in total. The monoisotopic (exact) mass is 241 g/mol. The summed E-state index contributed by atoms with van der Waals surface area (Å²) in [5.41, 5.74) is 0.454. The first-order chi connectivity index (χ1) is 8.64. The quantitative estimate of drug-likeness (QED) is 0.872. The predicted molar refractivity (Wildman–Crippen MR) is 74.6 cm³/mol. The van der Waals surface area contributed by atoms with Gasteiger partial charge in [-0.05, 0) is 24.7 Å². The highest BCUT2D eigenvalue weighted by atomic mass is 15.2. The Hall–Kier alpha value is -1.64. The Morgan fingerprint density at radius 2 is 2.11 bits per heavy atom. The lowest BCUT2D eigenvalue weighted by molar-refractivity contribution is 0.378. The molecule has 0 radical (unpaired) electrons. The van der Waals surface area contributed by atoms with Crippen molar-refractivity contribution in [2.45, 2.75) is 39.2 Å². The minimum atomic E-state index is 0.454. The van der Waals surface area contributed by atoms with Gasteiger partial charge in [0.1, 0.15) is 0 Å². The van der Waals surface area contributed by atoms with Crippen molar-refractivity contribution in [2.75, 3.05) is 5.32 Å². The van der Waals surface area contributed by atoms with Crippen LogP contribution in [0.4, 0.5) is 5.82 Å². The van der Waals surface area contributed by atoms with Gasteiger partial charge in [-0.1, -0.05) is 38.1 Å². The minimum absolute atomic E-state index is 0.454. The lowest BCUT2D eigenvalue weighted by Crippen LogP contribution is -2.18. The second-order valence-corrected chi connectivity index (χ2v) is 6.03. The van der Waals surface area contributed by atoms with Crippen LogP contribution in [0.5, 0.6) is 0 Å². The van der Waals surface area contributed by atoms with Crippen molar-refractivity contribution in [1.82, 2.24) is 10.2 Å². The van der Waals surface area contributed by atoms with Gasteiger partial charge in [-0.25, -0.2) is 0 Å². The van der Waals surface area contributed by atoms with E-state index < -0.39 is 0 Å². The van der Waals surface area contributed by atoms with Crippen molar-refractivity contribution in [3.8, 4) is 0 Å². The van der Waals surface area contributed by atoms with Crippen LogP contribution in [0.3, 0.4) is 0 Å². The standard InChI is InChI=1S/C15H19N3/c1-15(2)8-7-12(9-15)17-14-13-6-4-3-5-11(13)10-16-18-14/h3-6,10,12H,7-9H2,1-2H3,(H,17,18). The molecule has 1 aromatic heterocycles. The van der Waals surface area contributed by atoms with Gasteiger partial charge in [-0.2, -0.15) is 5.10 Å². The molecule has 18 heavy (non-hydrogen) atoms. The van der Waals surface area contributed by atoms with Crippen molar-refractivity contribution in [1.29, 1.82) is 0 Å². The molecule has 1 aliphatic carbocycles. The van der Waals surface area contributed by atoms with Crippen molar-refractivity contribution >= 4 is 16.6 Å². The highest BCUT2D eigenvalue weighted by Crippen LogP contribution is 2.38. The first-order valence-electron chi connectivity index (χ1n) is 6.61. The first-order valence-corrected chi connectivity index (χ1v) is 6.61. The number of hydrogen-bond acceptors (Lipinski definition) is 3. The maximum absolute atomic E-state index is 4.26. The molecule has 0 spiro atoms. The van der Waals surface area contributed by atoms with E-state index in [9.17, 15) is 0 Å². The van der Waals surface area contributed by atoms with E-state index >= 15 is 0 Å². The van der Waals surface area contributed by atoms with E-state index in [0.717, 1.165) is 16.6 Å². The van der Waals surface area contributed by atoms with E-state index in [4.69, 9.17) is 0 Å². The Kier molecular flexibility index (Phi) is 2.69. The zero-order valence-electron chi connectivity index (χ0n) is 11.0. The molecule has 3 heteroatoms. The van der Waals surface area contributed by atoms with E-state index in [2.05, 4.69) is 41.5 Å². The molecule has 1 aliphatic rings. The minimum Gasteiger partial charge on any atom is -0.365 e. The van der Waals surface area contributed by atoms with Gasteiger partial charge in [0, 0.05) is 16.8 Å². The summed E-state index contributed by atoms with van der Waals surface area (Å²) >= 11 is 0. The highest BCUT2D eigenvalue weighted by Gasteiger charge is 2.31. The second kappa shape index (κ2) is 4.23. The van der Waals surface area contributed by atoms with Crippen LogP contribution in [0.2, 0.25) is 0 Å². The Labute approximate surface area is 108 Å². The summed E-state index contributed by atoms with van der Waals surface area (Å²) in [6.45, 7) is 4.67. The molecule has 2 aromatic rings. The molecular formula is C15H19N3. The number of fused-ring (bicyclic) bond motifs is 1. The molecule has 0 bridgehead atoms. The number of rotatable bonds is 2. The Morgan fingerprint density at radius 3 is 2.89 bits per heavy atom. The lowest BCUT2D eigenvalue weighted by atomic mass is 9.92. The van der Waals surface area contributed by atoms with Crippen LogP contribution in [-0.4, -0.2) is 16.2 Å². The number of aromatic nitrogens is 2. The fourth-order valence-corrected chi connectivity index (χ4v) is 2.89. The number of nitrogens with one attached hydrogen (secondary N) is 1. The fraction of sp³-hybridized carbons (Fsp3) is 0.467. The van der Waals surface area contributed by atoms with E-state index in [1.54, 1.807) is 0 Å². The van der Waals surface area contributed by atoms with Crippen molar-refractivity contribution < 1.29 is 0 Å². The first kappa shape index (κ1) is 11.5. The van der Waals surface area contributed by atoms with Crippen LogP contribution in [0, 0.1) is 5.41 Å². The normalized spacial score (nSPS) is 22.2. The number of hydrogen-bond donors (Lipinski definition) is 1.